The first-order valence-electron chi connectivity index (χ1n) is 5.84. The molecule has 0 saturated carbocycles. The third-order valence-electron chi connectivity index (χ3n) is 2.63. The first-order chi connectivity index (χ1) is 9.92. The van der Waals surface area contributed by atoms with Crippen molar-refractivity contribution in [3.8, 4) is 0 Å². The SMILES string of the molecule is COC([O-])=C1C=CC(=NS(=O)(=O)c2ccc(Br)cc2)C=C1. The maximum absolute atomic E-state index is 12.1. The van der Waals surface area contributed by atoms with Gasteiger partial charge < -0.3 is 9.84 Å². The number of ether oxygens (including phenoxy) is 1. The van der Waals surface area contributed by atoms with Crippen LogP contribution in [0, 0.1) is 0 Å². The Morgan fingerprint density at radius 2 is 1.71 bits per heavy atom. The summed E-state index contributed by atoms with van der Waals surface area (Å²) in [5.41, 5.74) is 0.572. The Labute approximate surface area is 131 Å². The van der Waals surface area contributed by atoms with E-state index in [-0.39, 0.29) is 10.6 Å². The Bertz CT molecular complexity index is 741. The molecule has 1 aliphatic rings. The normalized spacial score (nSPS) is 14.2. The van der Waals surface area contributed by atoms with Crippen LogP contribution >= 0.6 is 15.9 Å². The molecule has 0 saturated heterocycles. The van der Waals surface area contributed by atoms with Gasteiger partial charge in [-0.05, 0) is 49.1 Å². The summed E-state index contributed by atoms with van der Waals surface area (Å²) in [6.07, 6.45) is 5.81. The molecule has 0 atom stereocenters. The van der Waals surface area contributed by atoms with Crippen LogP contribution in [0.3, 0.4) is 0 Å². The standard InChI is InChI=1S/C14H12BrNO4S/c1-20-14(17)10-2-6-12(7-3-10)16-21(18,19)13-8-4-11(15)5-9-13/h2-9,17H,1H3/p-1. The fraction of sp³-hybridized carbons (Fsp3) is 0.0714. The van der Waals surface area contributed by atoms with Crippen molar-refractivity contribution >= 4 is 31.7 Å². The molecular weight excluding hydrogens is 358 g/mol. The Kier molecular flexibility index (Phi) is 4.64. The molecule has 0 radical (unpaired) electrons. The van der Waals surface area contributed by atoms with Crippen molar-refractivity contribution < 1.29 is 18.3 Å². The van der Waals surface area contributed by atoms with Gasteiger partial charge in [0.1, 0.15) is 0 Å². The molecule has 0 aliphatic heterocycles. The number of benzene rings is 1. The van der Waals surface area contributed by atoms with Gasteiger partial charge in [-0.15, -0.1) is 0 Å². The molecule has 0 spiro atoms. The number of sulfonamides is 1. The van der Waals surface area contributed by atoms with Gasteiger partial charge in [-0.3, -0.25) is 0 Å². The van der Waals surface area contributed by atoms with E-state index in [9.17, 15) is 13.5 Å². The Balaban J connectivity index is 2.29. The monoisotopic (exact) mass is 368 g/mol. The van der Waals surface area contributed by atoms with Gasteiger partial charge in [0.05, 0.1) is 16.6 Å². The van der Waals surface area contributed by atoms with E-state index >= 15 is 0 Å². The zero-order valence-corrected chi connectivity index (χ0v) is 13.4. The first-order valence-corrected chi connectivity index (χ1v) is 8.07. The zero-order chi connectivity index (χ0) is 15.5. The molecule has 1 aromatic rings. The van der Waals surface area contributed by atoms with E-state index in [4.69, 9.17) is 0 Å². The number of allylic oxidation sites excluding steroid dienone is 5. The smallest absolute Gasteiger partial charge is 0.282 e. The fourth-order valence-electron chi connectivity index (χ4n) is 1.57. The minimum atomic E-state index is -3.78. The average molecular weight is 369 g/mol. The highest BCUT2D eigenvalue weighted by molar-refractivity contribution is 9.10. The van der Waals surface area contributed by atoms with Crippen LogP contribution in [-0.4, -0.2) is 21.2 Å². The summed E-state index contributed by atoms with van der Waals surface area (Å²) in [5, 5.41) is 11.3. The highest BCUT2D eigenvalue weighted by atomic mass is 79.9. The lowest BCUT2D eigenvalue weighted by Crippen LogP contribution is -2.10. The number of halogens is 1. The summed E-state index contributed by atoms with van der Waals surface area (Å²) in [7, 11) is -2.50. The second-order valence-electron chi connectivity index (χ2n) is 4.06. The number of hydrogen-bond donors (Lipinski definition) is 0. The summed E-state index contributed by atoms with van der Waals surface area (Å²) in [6.45, 7) is 0. The molecule has 21 heavy (non-hydrogen) atoms. The van der Waals surface area contributed by atoms with Crippen molar-refractivity contribution in [2.75, 3.05) is 7.11 Å². The van der Waals surface area contributed by atoms with Crippen molar-refractivity contribution in [1.82, 2.24) is 0 Å². The number of methoxy groups -OCH3 is 1. The minimum absolute atomic E-state index is 0.0998. The Morgan fingerprint density at radius 1 is 1.14 bits per heavy atom. The van der Waals surface area contributed by atoms with Crippen molar-refractivity contribution in [3.05, 3.63) is 64.6 Å². The first kappa shape index (κ1) is 15.5. The van der Waals surface area contributed by atoms with Crippen LogP contribution in [0.25, 0.3) is 0 Å². The number of nitrogens with zero attached hydrogens (tertiary/aromatic N) is 1. The van der Waals surface area contributed by atoms with E-state index < -0.39 is 16.0 Å². The fourth-order valence-corrected chi connectivity index (χ4v) is 2.82. The molecule has 1 aromatic carbocycles. The van der Waals surface area contributed by atoms with E-state index in [0.29, 0.717) is 5.57 Å². The van der Waals surface area contributed by atoms with Crippen LogP contribution in [0.1, 0.15) is 0 Å². The molecule has 0 N–H and O–H groups in total. The molecule has 0 aromatic heterocycles. The molecule has 0 unspecified atom stereocenters. The van der Waals surface area contributed by atoms with Gasteiger partial charge in [0, 0.05) is 4.47 Å². The molecule has 1 aliphatic carbocycles. The summed E-state index contributed by atoms with van der Waals surface area (Å²) in [6, 6.07) is 6.18. The highest BCUT2D eigenvalue weighted by Gasteiger charge is 2.13. The largest absolute Gasteiger partial charge is 0.616 e. The topological polar surface area (TPSA) is 78.8 Å². The highest BCUT2D eigenvalue weighted by Crippen LogP contribution is 2.18. The van der Waals surface area contributed by atoms with E-state index in [1.165, 1.54) is 43.5 Å². The van der Waals surface area contributed by atoms with Gasteiger partial charge in [0.15, 0.2) is 0 Å². The third kappa shape index (κ3) is 3.83. The Morgan fingerprint density at radius 3 is 2.24 bits per heavy atom. The van der Waals surface area contributed by atoms with Crippen molar-refractivity contribution in [2.45, 2.75) is 4.90 Å². The summed E-state index contributed by atoms with van der Waals surface area (Å²) in [5.74, 6) is -0.489. The molecule has 110 valence electrons. The van der Waals surface area contributed by atoms with Gasteiger partial charge >= 0.3 is 0 Å². The lowest BCUT2D eigenvalue weighted by Gasteiger charge is -2.13. The molecule has 7 heteroatoms. The maximum atomic E-state index is 12.1. The second-order valence-corrected chi connectivity index (χ2v) is 6.58. The molecule has 0 heterocycles. The van der Waals surface area contributed by atoms with Gasteiger partial charge in [-0.2, -0.15) is 12.8 Å². The van der Waals surface area contributed by atoms with E-state index in [1.54, 1.807) is 12.1 Å². The van der Waals surface area contributed by atoms with Crippen LogP contribution in [0.5, 0.6) is 0 Å². The van der Waals surface area contributed by atoms with Crippen molar-refractivity contribution in [1.29, 1.82) is 0 Å². The predicted octanol–water partition coefficient (Wildman–Crippen LogP) is 1.92. The van der Waals surface area contributed by atoms with Gasteiger partial charge in [0.25, 0.3) is 10.0 Å². The second kappa shape index (κ2) is 6.28. The summed E-state index contributed by atoms with van der Waals surface area (Å²) < 4.78 is 33.3. The lowest BCUT2D eigenvalue weighted by molar-refractivity contribution is -0.354. The predicted molar refractivity (Wildman–Crippen MR) is 81.1 cm³/mol. The molecule has 5 nitrogen and oxygen atoms in total. The molecule has 0 fully saturated rings. The van der Waals surface area contributed by atoms with Crippen molar-refractivity contribution in [2.24, 2.45) is 4.40 Å². The lowest BCUT2D eigenvalue weighted by atomic mass is 10.1. The number of rotatable bonds is 3. The molecule has 2 rings (SSSR count). The minimum Gasteiger partial charge on any atom is -0.616 e. The number of hydrogen-bond acceptors (Lipinski definition) is 4. The third-order valence-corrected chi connectivity index (χ3v) is 4.47. The average Bonchev–Trinajstić information content (AvgIpc) is 2.47. The summed E-state index contributed by atoms with van der Waals surface area (Å²) in [4.78, 5) is 0.0998. The van der Waals surface area contributed by atoms with Crippen LogP contribution in [-0.2, 0) is 14.8 Å². The van der Waals surface area contributed by atoms with Crippen LogP contribution < -0.4 is 5.11 Å². The van der Waals surface area contributed by atoms with E-state index in [0.717, 1.165) is 4.47 Å². The maximum Gasteiger partial charge on any atom is 0.282 e. The quantitative estimate of drug-likeness (QED) is 0.763. The van der Waals surface area contributed by atoms with Gasteiger partial charge in [-0.1, -0.05) is 28.1 Å². The van der Waals surface area contributed by atoms with Crippen LogP contribution in [0.4, 0.5) is 0 Å². The van der Waals surface area contributed by atoms with Crippen LogP contribution in [0.15, 0.2) is 73.9 Å². The summed E-state index contributed by atoms with van der Waals surface area (Å²) >= 11 is 3.24. The van der Waals surface area contributed by atoms with Gasteiger partial charge in [-0.25, -0.2) is 0 Å². The van der Waals surface area contributed by atoms with Gasteiger partial charge in [0.2, 0.25) is 0 Å². The van der Waals surface area contributed by atoms with E-state index in [2.05, 4.69) is 25.1 Å². The molecule has 0 amide bonds. The van der Waals surface area contributed by atoms with Crippen molar-refractivity contribution in [3.63, 3.8) is 0 Å². The molecular formula is C14H11BrNO4S-. The zero-order valence-electron chi connectivity index (χ0n) is 11.0. The van der Waals surface area contributed by atoms with E-state index in [1.807, 2.05) is 0 Å². The Hall–Kier alpha value is -1.86. The molecule has 0 bridgehead atoms. The van der Waals surface area contributed by atoms with Crippen LogP contribution in [0.2, 0.25) is 0 Å².